The average Bonchev–Trinajstić information content (AvgIpc) is 2.50. The number of carbonyl (C=O) groups is 2. The van der Waals surface area contributed by atoms with Crippen LogP contribution in [0.3, 0.4) is 0 Å². The number of rotatable bonds is 2. The van der Waals surface area contributed by atoms with Crippen molar-refractivity contribution in [2.24, 2.45) is 0 Å². The summed E-state index contributed by atoms with van der Waals surface area (Å²) in [7, 11) is 0. The van der Waals surface area contributed by atoms with Crippen LogP contribution in [0, 0.1) is 0 Å². The summed E-state index contributed by atoms with van der Waals surface area (Å²) in [5.74, 6) is -2.23. The predicted octanol–water partition coefficient (Wildman–Crippen LogP) is -3.17. The van der Waals surface area contributed by atoms with Gasteiger partial charge >= 0.3 is 51.9 Å². The van der Waals surface area contributed by atoms with Gasteiger partial charge in [0, 0.05) is 12.4 Å². The minimum absolute atomic E-state index is 0. The minimum atomic E-state index is -1.24. The van der Waals surface area contributed by atoms with Crippen molar-refractivity contribution < 1.29 is 61.3 Å². The second-order valence-corrected chi connectivity index (χ2v) is 3.43. The largest absolute Gasteiger partial charge is 1.00 e. The standard InChI is InChI=1S/2C6H5NO2.CO.Li.Rh/c2*8-6(9)5-3-1-2-4-7-5;1-2;;/h2*1-4H,(H,8,9);;;/q;;;+1;/p-1. The summed E-state index contributed by atoms with van der Waals surface area (Å²) in [6.45, 7) is 0. The van der Waals surface area contributed by atoms with Crippen LogP contribution in [0.4, 0.5) is 0 Å². The SMILES string of the molecule is O=C(O)c1ccccn1.O=C([O-])c1ccccn1.O=[C]=[Rh].[Li+]. The molecule has 0 aliphatic carbocycles. The zero-order valence-electron chi connectivity index (χ0n) is 11.4. The van der Waals surface area contributed by atoms with Gasteiger partial charge in [0.2, 0.25) is 0 Å². The molecular formula is C13H9LiN2O5Rh. The first-order chi connectivity index (χ1) is 10.0. The molecule has 0 aliphatic heterocycles. The van der Waals surface area contributed by atoms with Crippen LogP contribution in [-0.4, -0.2) is 31.5 Å². The molecule has 0 unspecified atom stereocenters. The maximum Gasteiger partial charge on any atom is 1.00 e. The van der Waals surface area contributed by atoms with E-state index in [1.807, 2.05) is 17.9 Å². The van der Waals surface area contributed by atoms with E-state index >= 15 is 0 Å². The zero-order chi connectivity index (χ0) is 16.1. The monoisotopic (exact) mass is 383 g/mol. The number of aromatic carboxylic acids is 2. The van der Waals surface area contributed by atoms with Crippen LogP contribution >= 0.6 is 0 Å². The van der Waals surface area contributed by atoms with Crippen molar-refractivity contribution in [3.05, 3.63) is 60.2 Å². The van der Waals surface area contributed by atoms with Crippen molar-refractivity contribution in [2.45, 2.75) is 0 Å². The van der Waals surface area contributed by atoms with E-state index in [0.29, 0.717) is 0 Å². The molecule has 2 rings (SSSR count). The summed E-state index contributed by atoms with van der Waals surface area (Å²) in [4.78, 5) is 35.9. The molecule has 0 bridgehead atoms. The summed E-state index contributed by atoms with van der Waals surface area (Å²) in [6.07, 6.45) is 2.86. The fourth-order valence-electron chi connectivity index (χ4n) is 0.973. The summed E-state index contributed by atoms with van der Waals surface area (Å²) >= 11 is 1.92. The Labute approximate surface area is 147 Å². The molecule has 0 saturated carbocycles. The van der Waals surface area contributed by atoms with E-state index in [2.05, 4.69) is 9.97 Å². The Hall–Kier alpha value is -1.96. The van der Waals surface area contributed by atoms with Gasteiger partial charge in [0.25, 0.3) is 0 Å². The Morgan fingerprint density at radius 3 is 1.64 bits per heavy atom. The van der Waals surface area contributed by atoms with Crippen LogP contribution in [0.15, 0.2) is 48.8 Å². The number of aromatic nitrogens is 2. The van der Waals surface area contributed by atoms with Crippen LogP contribution in [0.5, 0.6) is 0 Å². The summed E-state index contributed by atoms with van der Waals surface area (Å²) in [5.41, 5.74) is 0.0509. The Balaban J connectivity index is 0. The third-order valence-corrected chi connectivity index (χ3v) is 1.76. The molecule has 1 N–H and O–H groups in total. The summed E-state index contributed by atoms with van der Waals surface area (Å²) < 4.78 is 1.39. The number of pyridine rings is 2. The van der Waals surface area contributed by atoms with Gasteiger partial charge in [0.1, 0.15) is 5.69 Å². The smallest absolute Gasteiger partial charge is 1.00 e. The van der Waals surface area contributed by atoms with Crippen molar-refractivity contribution in [1.29, 1.82) is 0 Å². The van der Waals surface area contributed by atoms with Crippen molar-refractivity contribution in [1.82, 2.24) is 9.97 Å². The van der Waals surface area contributed by atoms with Gasteiger partial charge < -0.3 is 15.0 Å². The Kier molecular flexibility index (Phi) is 14.2. The van der Waals surface area contributed by atoms with E-state index in [1.54, 1.807) is 24.3 Å². The third-order valence-electron chi connectivity index (χ3n) is 1.76. The van der Waals surface area contributed by atoms with Crippen LogP contribution in [0.1, 0.15) is 21.0 Å². The molecule has 7 nitrogen and oxygen atoms in total. The first-order valence-corrected chi connectivity index (χ1v) is 6.07. The van der Waals surface area contributed by atoms with E-state index < -0.39 is 11.9 Å². The molecule has 0 atom stereocenters. The van der Waals surface area contributed by atoms with Gasteiger partial charge in [-0.2, -0.15) is 0 Å². The summed E-state index contributed by atoms with van der Waals surface area (Å²) in [6, 6.07) is 9.38. The van der Waals surface area contributed by atoms with Crippen molar-refractivity contribution in [3.63, 3.8) is 0 Å². The summed E-state index contributed by atoms with van der Waals surface area (Å²) in [5, 5.41) is 18.3. The third kappa shape index (κ3) is 10.8. The molecule has 2 aromatic rings. The first kappa shape index (κ1) is 22.3. The van der Waals surface area contributed by atoms with Crippen molar-refractivity contribution in [2.75, 3.05) is 0 Å². The van der Waals surface area contributed by atoms with Gasteiger partial charge in [-0.05, 0) is 24.3 Å². The predicted molar refractivity (Wildman–Crippen MR) is 65.5 cm³/mol. The molecular weight excluding hydrogens is 374 g/mol. The van der Waals surface area contributed by atoms with E-state index in [1.165, 1.54) is 29.0 Å². The first-order valence-electron chi connectivity index (χ1n) is 5.25. The molecule has 0 fully saturated rings. The molecule has 0 aromatic carbocycles. The van der Waals surface area contributed by atoms with Crippen LogP contribution < -0.4 is 24.0 Å². The normalized spacial score (nSPS) is 7.68. The molecule has 0 spiro atoms. The van der Waals surface area contributed by atoms with Gasteiger partial charge in [-0.1, -0.05) is 12.1 Å². The average molecular weight is 383 g/mol. The number of nitrogens with zero attached hydrogens (tertiary/aromatic N) is 2. The van der Waals surface area contributed by atoms with Gasteiger partial charge in [0.15, 0.2) is 0 Å². The molecule has 0 saturated heterocycles. The minimum Gasteiger partial charge on any atom is 1.00 e. The Morgan fingerprint density at radius 1 is 1.05 bits per heavy atom. The van der Waals surface area contributed by atoms with Gasteiger partial charge in [-0.25, -0.2) is 9.78 Å². The Morgan fingerprint density at radius 2 is 1.45 bits per heavy atom. The van der Waals surface area contributed by atoms with Gasteiger partial charge in [-0.15, -0.1) is 0 Å². The zero-order valence-corrected chi connectivity index (χ0v) is 13.1. The number of hydrogen-bond acceptors (Lipinski definition) is 6. The number of carboxylic acid groups (broad SMARTS) is 2. The van der Waals surface area contributed by atoms with E-state index in [0.717, 1.165) is 0 Å². The van der Waals surface area contributed by atoms with Crippen LogP contribution in [-0.2, 0) is 22.6 Å². The second kappa shape index (κ2) is 14.0. The number of carboxylic acids is 2. The maximum atomic E-state index is 10.1. The molecule has 9 heteroatoms. The van der Waals surface area contributed by atoms with E-state index in [9.17, 15) is 14.7 Å². The van der Waals surface area contributed by atoms with Crippen molar-refractivity contribution in [3.8, 4) is 0 Å². The fraction of sp³-hybridized carbons (Fsp3) is 0. The van der Waals surface area contributed by atoms with Crippen molar-refractivity contribution >= 4 is 16.4 Å². The number of hydrogen-bond donors (Lipinski definition) is 1. The molecule has 0 radical (unpaired) electrons. The van der Waals surface area contributed by atoms with Gasteiger partial charge in [-0.3, -0.25) is 4.98 Å². The van der Waals surface area contributed by atoms with Gasteiger partial charge in [0.05, 0.1) is 11.7 Å². The maximum absolute atomic E-state index is 10.1. The Bertz CT molecular complexity index is 555. The molecule has 0 amide bonds. The molecule has 22 heavy (non-hydrogen) atoms. The quantitative estimate of drug-likeness (QED) is 0.544. The van der Waals surface area contributed by atoms with Crippen LogP contribution in [0.2, 0.25) is 0 Å². The van der Waals surface area contributed by atoms with E-state index in [4.69, 9.17) is 9.90 Å². The fourth-order valence-corrected chi connectivity index (χ4v) is 0.973. The number of carbonyl (C=O) groups excluding carboxylic acids is 2. The molecule has 2 heterocycles. The topological polar surface area (TPSA) is 120 Å². The molecule has 0 aliphatic rings. The molecule has 2 aromatic heterocycles. The van der Waals surface area contributed by atoms with E-state index in [-0.39, 0.29) is 30.2 Å². The second-order valence-electron chi connectivity index (χ2n) is 3.09. The molecule has 111 valence electrons. The van der Waals surface area contributed by atoms with Crippen LogP contribution in [0.25, 0.3) is 0 Å².